The van der Waals surface area contributed by atoms with E-state index < -0.39 is 79.1 Å². The number of carbonyl (C=O) groups excluding carboxylic acids is 2. The maximum Gasteiger partial charge on any atom is 0.469 e. The van der Waals surface area contributed by atoms with Gasteiger partial charge in [-0.2, -0.15) is 0 Å². The van der Waals surface area contributed by atoms with Crippen LogP contribution in [-0.2, 0) is 22.2 Å². The number of phosphoric ester groups is 1. The number of amides is 3. The molecule has 3 N–H and O–H groups in total. The third-order valence-corrected chi connectivity index (χ3v) is 7.45. The fourth-order valence-corrected chi connectivity index (χ4v) is 4.88. The highest BCUT2D eigenvalue weighted by atomic mass is 31.2. The van der Waals surface area contributed by atoms with E-state index in [-0.39, 0.29) is 36.6 Å². The van der Waals surface area contributed by atoms with Gasteiger partial charge in [-0.25, -0.2) is 31.3 Å². The van der Waals surface area contributed by atoms with E-state index in [1.807, 2.05) is 0 Å². The highest BCUT2D eigenvalue weighted by Crippen LogP contribution is 2.38. The van der Waals surface area contributed by atoms with Crippen molar-refractivity contribution in [3.05, 3.63) is 93.8 Å². The minimum absolute atomic E-state index is 0.0172. The first-order valence-corrected chi connectivity index (χ1v) is 14.6. The van der Waals surface area contributed by atoms with Crippen molar-refractivity contribution in [1.82, 2.24) is 10.2 Å². The van der Waals surface area contributed by atoms with Gasteiger partial charge in [0.25, 0.3) is 5.91 Å². The lowest BCUT2D eigenvalue weighted by Gasteiger charge is -2.39. The Balaban J connectivity index is 1.54. The summed E-state index contributed by atoms with van der Waals surface area (Å²) in [6, 6.07) is 5.92. The van der Waals surface area contributed by atoms with Crippen molar-refractivity contribution < 1.29 is 55.2 Å². The van der Waals surface area contributed by atoms with Crippen LogP contribution in [0.2, 0.25) is 0 Å². The molecule has 16 heteroatoms. The molecule has 0 bridgehead atoms. The maximum absolute atomic E-state index is 15.1. The Kier molecular flexibility index (Phi) is 9.94. The summed E-state index contributed by atoms with van der Waals surface area (Å²) in [6.07, 6.45) is 0.0172. The zero-order chi connectivity index (χ0) is 32.3. The molecule has 0 aliphatic carbocycles. The van der Waals surface area contributed by atoms with Gasteiger partial charge in [-0.15, -0.1) is 0 Å². The first-order valence-electron chi connectivity index (χ1n) is 13.1. The summed E-state index contributed by atoms with van der Waals surface area (Å²) in [5.41, 5.74) is -0.332. The molecule has 1 aliphatic rings. The van der Waals surface area contributed by atoms with Crippen LogP contribution in [0.3, 0.4) is 0 Å². The monoisotopic (exact) mass is 643 g/mol. The summed E-state index contributed by atoms with van der Waals surface area (Å²) < 4.78 is 91.6. The number of phosphoric acid groups is 1. The molecule has 1 aliphatic heterocycles. The molecule has 236 valence electrons. The van der Waals surface area contributed by atoms with Crippen LogP contribution in [0.25, 0.3) is 0 Å². The van der Waals surface area contributed by atoms with Gasteiger partial charge in [-0.1, -0.05) is 6.07 Å². The zero-order valence-corrected chi connectivity index (χ0v) is 24.2. The van der Waals surface area contributed by atoms with Crippen molar-refractivity contribution in [3.8, 4) is 5.75 Å². The van der Waals surface area contributed by atoms with Gasteiger partial charge in [0.15, 0.2) is 0 Å². The number of urea groups is 1. The van der Waals surface area contributed by atoms with E-state index >= 15 is 8.78 Å². The molecule has 1 unspecified atom stereocenters. The van der Waals surface area contributed by atoms with Crippen molar-refractivity contribution in [3.63, 3.8) is 0 Å². The number of anilines is 1. The molecule has 44 heavy (non-hydrogen) atoms. The molecule has 3 aromatic carbocycles. The average molecular weight is 644 g/mol. The Morgan fingerprint density at radius 1 is 0.955 bits per heavy atom. The number of ether oxygens (including phenoxy) is 1. The van der Waals surface area contributed by atoms with E-state index in [1.54, 1.807) is 13.0 Å². The van der Waals surface area contributed by atoms with Crippen LogP contribution in [0.1, 0.15) is 46.4 Å². The lowest BCUT2D eigenvalue weighted by Crippen LogP contribution is -2.47. The number of hydrogen-bond acceptors (Lipinski definition) is 5. The summed E-state index contributed by atoms with van der Waals surface area (Å²) >= 11 is 0. The van der Waals surface area contributed by atoms with Crippen LogP contribution < -0.4 is 15.0 Å². The third-order valence-electron chi connectivity index (χ3n) is 6.93. The fraction of sp³-hybridized carbons (Fsp3) is 0.286. The van der Waals surface area contributed by atoms with Gasteiger partial charge in [0.2, 0.25) is 0 Å². The molecular weight excluding hydrogens is 616 g/mol. The average Bonchev–Trinajstić information content (AvgIpc) is 2.93. The second-order valence-electron chi connectivity index (χ2n) is 9.85. The molecule has 0 saturated carbocycles. The van der Waals surface area contributed by atoms with Gasteiger partial charge in [0, 0.05) is 61.0 Å². The summed E-state index contributed by atoms with van der Waals surface area (Å²) in [5.74, 6) is -6.55. The Morgan fingerprint density at radius 2 is 1.57 bits per heavy atom. The topological polar surface area (TPSA) is 129 Å². The van der Waals surface area contributed by atoms with Crippen LogP contribution in [0.15, 0.2) is 42.5 Å². The van der Waals surface area contributed by atoms with Crippen LogP contribution in [0.4, 0.5) is 32.4 Å². The van der Waals surface area contributed by atoms with Gasteiger partial charge in [-0.3, -0.25) is 14.2 Å². The minimum atomic E-state index is -4.66. The maximum atomic E-state index is 15.1. The second kappa shape index (κ2) is 13.3. The first-order chi connectivity index (χ1) is 20.7. The fourth-order valence-electron chi connectivity index (χ4n) is 4.51. The lowest BCUT2D eigenvalue weighted by molar-refractivity contribution is 0.0950. The van der Waals surface area contributed by atoms with E-state index in [1.165, 1.54) is 24.1 Å². The van der Waals surface area contributed by atoms with Crippen molar-refractivity contribution in [2.45, 2.75) is 32.5 Å². The van der Waals surface area contributed by atoms with E-state index in [4.69, 9.17) is 14.5 Å². The Labute approximate surface area is 248 Å². The Bertz CT molecular complexity index is 1590. The number of rotatable bonds is 11. The van der Waals surface area contributed by atoms with Crippen molar-refractivity contribution in [2.24, 2.45) is 0 Å². The molecule has 1 heterocycles. The Morgan fingerprint density at radius 3 is 2.18 bits per heavy atom. The molecule has 3 aromatic rings. The highest BCUT2D eigenvalue weighted by molar-refractivity contribution is 7.46. The molecule has 0 radical (unpaired) electrons. The molecule has 0 spiro atoms. The van der Waals surface area contributed by atoms with Crippen LogP contribution in [-0.4, -0.2) is 46.9 Å². The predicted molar refractivity (Wildman–Crippen MR) is 146 cm³/mol. The van der Waals surface area contributed by atoms with Gasteiger partial charge >= 0.3 is 13.9 Å². The summed E-state index contributed by atoms with van der Waals surface area (Å²) in [6.45, 7) is 0.0251. The number of nitrogens with one attached hydrogen (secondary N) is 1. The largest absolute Gasteiger partial charge is 0.493 e. The number of fused-ring (bicyclic) bond motifs is 1. The SMILES string of the molecule is CC1c2ccc(C(=O)NCc3c(F)cc(F)cc3F)cc2N(Cc2c(F)cc(OCCCOP(=O)(O)O)cc2F)C(=O)N1C. The van der Waals surface area contributed by atoms with E-state index in [0.717, 1.165) is 17.0 Å². The number of carbonyl (C=O) groups is 2. The van der Waals surface area contributed by atoms with E-state index in [9.17, 15) is 27.3 Å². The predicted octanol–water partition coefficient (Wildman–Crippen LogP) is 5.32. The highest BCUT2D eigenvalue weighted by Gasteiger charge is 2.35. The van der Waals surface area contributed by atoms with Crippen LogP contribution >= 0.6 is 7.82 Å². The standard InChI is InChI=1S/C28H27F5N3O7P/c1-15-19-5-4-16(27(37)34-13-20-22(30)9-17(29)10-23(20)31)8-26(19)36(28(38)35(15)2)14-21-24(32)11-18(12-25(21)33)42-6-3-7-43-44(39,40)41/h4-5,8-12,15H,3,6-7,13-14H2,1-2H3,(H,34,37)(H2,39,40,41). The lowest BCUT2D eigenvalue weighted by atomic mass is 9.98. The molecule has 0 aromatic heterocycles. The molecular formula is C28H27F5N3O7P. The van der Waals surface area contributed by atoms with E-state index in [0.29, 0.717) is 17.7 Å². The normalized spacial score (nSPS) is 14.9. The van der Waals surface area contributed by atoms with Crippen LogP contribution in [0, 0.1) is 29.1 Å². The molecule has 4 rings (SSSR count). The minimum Gasteiger partial charge on any atom is -0.493 e. The quantitative estimate of drug-likeness (QED) is 0.147. The zero-order valence-electron chi connectivity index (χ0n) is 23.3. The number of nitrogens with zero attached hydrogens (tertiary/aromatic N) is 2. The van der Waals surface area contributed by atoms with Crippen molar-refractivity contribution in [2.75, 3.05) is 25.2 Å². The van der Waals surface area contributed by atoms with Crippen molar-refractivity contribution >= 4 is 25.4 Å². The van der Waals surface area contributed by atoms with Gasteiger partial charge < -0.3 is 24.7 Å². The molecule has 1 atom stereocenters. The first kappa shape index (κ1) is 32.9. The number of hydrogen-bond donors (Lipinski definition) is 3. The molecule has 0 saturated heterocycles. The number of halogens is 5. The molecule has 10 nitrogen and oxygen atoms in total. The number of benzene rings is 3. The summed E-state index contributed by atoms with van der Waals surface area (Å²) in [5, 5.41) is 2.34. The smallest absolute Gasteiger partial charge is 0.469 e. The molecule has 0 fully saturated rings. The Hall–Kier alpha value is -4.04. The van der Waals surface area contributed by atoms with E-state index in [2.05, 4.69) is 9.84 Å². The van der Waals surface area contributed by atoms with Gasteiger partial charge in [0.1, 0.15) is 34.8 Å². The third kappa shape index (κ3) is 7.53. The van der Waals surface area contributed by atoms with Gasteiger partial charge in [-0.05, 0) is 24.6 Å². The van der Waals surface area contributed by atoms with Crippen LogP contribution in [0.5, 0.6) is 5.75 Å². The summed E-state index contributed by atoms with van der Waals surface area (Å²) in [4.78, 5) is 45.9. The second-order valence-corrected chi connectivity index (χ2v) is 11.1. The van der Waals surface area contributed by atoms with Crippen molar-refractivity contribution in [1.29, 1.82) is 0 Å². The summed E-state index contributed by atoms with van der Waals surface area (Å²) in [7, 11) is -3.16. The molecule has 3 amide bonds. The van der Waals surface area contributed by atoms with Gasteiger partial charge in [0.05, 0.1) is 31.5 Å².